The van der Waals surface area contributed by atoms with Gasteiger partial charge in [0.1, 0.15) is 17.3 Å². The van der Waals surface area contributed by atoms with Gasteiger partial charge in [0.2, 0.25) is 0 Å². The third-order valence-corrected chi connectivity index (χ3v) is 3.81. The van der Waals surface area contributed by atoms with Gasteiger partial charge in [-0.1, -0.05) is 6.07 Å². The predicted octanol–water partition coefficient (Wildman–Crippen LogP) is 4.22. The first-order valence-electron chi connectivity index (χ1n) is 6.25. The first-order valence-corrected chi connectivity index (χ1v) is 7.04. The molecule has 102 valence electrons. The van der Waals surface area contributed by atoms with Gasteiger partial charge in [0, 0.05) is 18.2 Å². The van der Waals surface area contributed by atoms with E-state index >= 15 is 0 Å². The lowest BCUT2D eigenvalue weighted by molar-refractivity contribution is 0.471. The third-order valence-electron chi connectivity index (χ3n) is 3.17. The van der Waals surface area contributed by atoms with Gasteiger partial charge in [-0.05, 0) is 60.5 Å². The molecule has 0 aliphatic heterocycles. The molecule has 0 radical (unpaired) electrons. The molecule has 1 unspecified atom stereocenters. The first-order chi connectivity index (χ1) is 8.97. The summed E-state index contributed by atoms with van der Waals surface area (Å²) in [6.45, 7) is 6.80. The highest BCUT2D eigenvalue weighted by molar-refractivity contribution is 9.10. The van der Waals surface area contributed by atoms with E-state index in [1.807, 2.05) is 26.0 Å². The van der Waals surface area contributed by atoms with Crippen LogP contribution in [0.2, 0.25) is 0 Å². The molecular formula is C15H18BrNO2. The molecule has 0 bridgehead atoms. The number of hydrogen-bond donors (Lipinski definition) is 2. The van der Waals surface area contributed by atoms with Crippen molar-refractivity contribution in [2.75, 3.05) is 0 Å². The summed E-state index contributed by atoms with van der Waals surface area (Å²) in [5.41, 5.74) is 2.31. The van der Waals surface area contributed by atoms with Crippen molar-refractivity contribution in [1.29, 1.82) is 0 Å². The fourth-order valence-corrected chi connectivity index (χ4v) is 2.55. The van der Waals surface area contributed by atoms with E-state index in [2.05, 4.69) is 34.2 Å². The molecule has 2 N–H and O–H groups in total. The maximum absolute atomic E-state index is 9.46. The Balaban J connectivity index is 2.02. The van der Waals surface area contributed by atoms with Gasteiger partial charge in [-0.2, -0.15) is 0 Å². The number of rotatable bonds is 4. The molecule has 1 atom stereocenters. The van der Waals surface area contributed by atoms with E-state index in [0.29, 0.717) is 0 Å². The molecule has 1 aromatic carbocycles. The zero-order chi connectivity index (χ0) is 14.0. The van der Waals surface area contributed by atoms with Crippen molar-refractivity contribution in [3.05, 3.63) is 51.4 Å². The number of hydrogen-bond acceptors (Lipinski definition) is 3. The van der Waals surface area contributed by atoms with Crippen molar-refractivity contribution < 1.29 is 9.52 Å². The zero-order valence-electron chi connectivity index (χ0n) is 11.3. The smallest absolute Gasteiger partial charge is 0.129 e. The summed E-state index contributed by atoms with van der Waals surface area (Å²) >= 11 is 3.32. The van der Waals surface area contributed by atoms with Crippen LogP contribution >= 0.6 is 15.9 Å². The van der Waals surface area contributed by atoms with Gasteiger partial charge in [-0.3, -0.25) is 0 Å². The first kappa shape index (κ1) is 14.2. The molecule has 4 heteroatoms. The van der Waals surface area contributed by atoms with E-state index in [4.69, 9.17) is 4.42 Å². The average molecular weight is 324 g/mol. The number of aryl methyl sites for hydroxylation is 2. The number of phenols is 1. The number of benzene rings is 1. The number of halogens is 1. The van der Waals surface area contributed by atoms with Crippen LogP contribution in [0.25, 0.3) is 0 Å². The van der Waals surface area contributed by atoms with Crippen LogP contribution < -0.4 is 5.32 Å². The summed E-state index contributed by atoms with van der Waals surface area (Å²) in [4.78, 5) is 0. The SMILES string of the molecule is Cc1cc(C(C)NCc2ccc(O)c(Br)c2)c(C)o1. The minimum atomic E-state index is 0.227. The summed E-state index contributed by atoms with van der Waals surface area (Å²) in [5, 5.41) is 12.9. The molecular weight excluding hydrogens is 306 g/mol. The van der Waals surface area contributed by atoms with Crippen molar-refractivity contribution in [1.82, 2.24) is 5.32 Å². The maximum atomic E-state index is 9.46. The van der Waals surface area contributed by atoms with Crippen LogP contribution in [0.4, 0.5) is 0 Å². The van der Waals surface area contributed by atoms with Crippen molar-refractivity contribution in [2.45, 2.75) is 33.4 Å². The lowest BCUT2D eigenvalue weighted by Gasteiger charge is -2.13. The van der Waals surface area contributed by atoms with Crippen LogP contribution in [0.15, 0.2) is 33.2 Å². The molecule has 2 aromatic rings. The van der Waals surface area contributed by atoms with Gasteiger partial charge in [0.15, 0.2) is 0 Å². The van der Waals surface area contributed by atoms with E-state index in [-0.39, 0.29) is 11.8 Å². The normalized spacial score (nSPS) is 12.6. The molecule has 0 amide bonds. The lowest BCUT2D eigenvalue weighted by Crippen LogP contribution is -2.18. The van der Waals surface area contributed by atoms with Gasteiger partial charge in [-0.15, -0.1) is 0 Å². The van der Waals surface area contributed by atoms with Crippen molar-refractivity contribution >= 4 is 15.9 Å². The average Bonchev–Trinajstić information content (AvgIpc) is 2.70. The molecule has 0 aliphatic rings. The van der Waals surface area contributed by atoms with Crippen molar-refractivity contribution in [3.8, 4) is 5.75 Å². The van der Waals surface area contributed by atoms with Gasteiger partial charge in [0.05, 0.1) is 4.47 Å². The van der Waals surface area contributed by atoms with Crippen molar-refractivity contribution in [3.63, 3.8) is 0 Å². The summed E-state index contributed by atoms with van der Waals surface area (Å²) in [6.07, 6.45) is 0. The van der Waals surface area contributed by atoms with Crippen molar-refractivity contribution in [2.24, 2.45) is 0 Å². The van der Waals surface area contributed by atoms with E-state index < -0.39 is 0 Å². The zero-order valence-corrected chi connectivity index (χ0v) is 12.9. The Morgan fingerprint density at radius 2 is 2.05 bits per heavy atom. The van der Waals surface area contributed by atoms with Crippen LogP contribution in [0.3, 0.4) is 0 Å². The van der Waals surface area contributed by atoms with Gasteiger partial charge < -0.3 is 14.8 Å². The highest BCUT2D eigenvalue weighted by atomic mass is 79.9. The molecule has 1 heterocycles. The second kappa shape index (κ2) is 5.80. The highest BCUT2D eigenvalue weighted by Crippen LogP contribution is 2.25. The number of aromatic hydroxyl groups is 1. The summed E-state index contributed by atoms with van der Waals surface area (Å²) in [6, 6.07) is 7.82. The van der Waals surface area contributed by atoms with Crippen LogP contribution in [-0.4, -0.2) is 5.11 Å². The van der Waals surface area contributed by atoms with E-state index in [1.165, 1.54) is 5.56 Å². The Hall–Kier alpha value is -1.26. The van der Waals surface area contributed by atoms with Gasteiger partial charge in [0.25, 0.3) is 0 Å². The standard InChI is InChI=1S/C15H18BrNO2/c1-9-6-13(11(3)19-9)10(2)17-8-12-4-5-15(18)14(16)7-12/h4-7,10,17-18H,8H2,1-3H3. The maximum Gasteiger partial charge on any atom is 0.129 e. The van der Waals surface area contributed by atoms with Gasteiger partial charge in [-0.25, -0.2) is 0 Å². The van der Waals surface area contributed by atoms with E-state index in [0.717, 1.165) is 28.1 Å². The fraction of sp³-hybridized carbons (Fsp3) is 0.333. The Bertz CT molecular complexity index is 578. The quantitative estimate of drug-likeness (QED) is 0.885. The predicted molar refractivity (Wildman–Crippen MR) is 79.2 cm³/mol. The van der Waals surface area contributed by atoms with Crippen LogP contribution in [0.1, 0.15) is 35.6 Å². The topological polar surface area (TPSA) is 45.4 Å². The summed E-state index contributed by atoms with van der Waals surface area (Å²) < 4.78 is 6.26. The molecule has 2 rings (SSSR count). The highest BCUT2D eigenvalue weighted by Gasteiger charge is 2.12. The Labute approximate surface area is 121 Å². The lowest BCUT2D eigenvalue weighted by atomic mass is 10.1. The second-order valence-corrected chi connectivity index (χ2v) is 5.61. The van der Waals surface area contributed by atoms with Crippen LogP contribution in [0.5, 0.6) is 5.75 Å². The van der Waals surface area contributed by atoms with Crippen LogP contribution in [-0.2, 0) is 6.54 Å². The molecule has 0 saturated heterocycles. The largest absolute Gasteiger partial charge is 0.507 e. The molecule has 0 fully saturated rings. The second-order valence-electron chi connectivity index (χ2n) is 4.76. The monoisotopic (exact) mass is 323 g/mol. The summed E-state index contributed by atoms with van der Waals surface area (Å²) in [7, 11) is 0. The minimum Gasteiger partial charge on any atom is -0.507 e. The number of nitrogens with one attached hydrogen (secondary N) is 1. The fourth-order valence-electron chi connectivity index (χ4n) is 2.12. The molecule has 1 aromatic heterocycles. The number of furan rings is 1. The van der Waals surface area contributed by atoms with Gasteiger partial charge >= 0.3 is 0 Å². The minimum absolute atomic E-state index is 0.227. The molecule has 0 aliphatic carbocycles. The Kier molecular flexibility index (Phi) is 4.32. The third kappa shape index (κ3) is 3.39. The summed E-state index contributed by atoms with van der Waals surface area (Å²) in [5.74, 6) is 2.16. The number of phenolic OH excluding ortho intramolecular Hbond substituents is 1. The molecule has 0 spiro atoms. The molecule has 3 nitrogen and oxygen atoms in total. The Morgan fingerprint density at radius 3 is 2.63 bits per heavy atom. The molecule has 0 saturated carbocycles. The Morgan fingerprint density at radius 1 is 1.32 bits per heavy atom. The molecule has 19 heavy (non-hydrogen) atoms. The van der Waals surface area contributed by atoms with Crippen LogP contribution in [0, 0.1) is 13.8 Å². The van der Waals surface area contributed by atoms with E-state index in [1.54, 1.807) is 6.07 Å². The van der Waals surface area contributed by atoms with E-state index in [9.17, 15) is 5.11 Å².